The van der Waals surface area contributed by atoms with Gasteiger partial charge in [0.2, 0.25) is 0 Å². The summed E-state index contributed by atoms with van der Waals surface area (Å²) in [5.41, 5.74) is 5.74. The molecular weight excluding hydrogens is 188 g/mol. The predicted molar refractivity (Wildman–Crippen MR) is 47.5 cm³/mol. The maximum absolute atomic E-state index is 12.9. The molecule has 0 saturated heterocycles. The fraction of sp³-hybridized carbons (Fsp3) is 0.400. The number of rotatable bonds is 1. The van der Waals surface area contributed by atoms with Gasteiger partial charge in [-0.25, -0.2) is 8.78 Å². The summed E-state index contributed by atoms with van der Waals surface area (Å²) in [7, 11) is 0. The van der Waals surface area contributed by atoms with Gasteiger partial charge in [-0.3, -0.25) is 0 Å². The molecule has 2 rings (SSSR count). The summed E-state index contributed by atoms with van der Waals surface area (Å²) in [4.78, 5) is 0. The highest BCUT2D eigenvalue weighted by molar-refractivity contribution is 5.28. The quantitative estimate of drug-likeness (QED) is 0.715. The van der Waals surface area contributed by atoms with E-state index in [0.29, 0.717) is 18.4 Å². The summed E-state index contributed by atoms with van der Waals surface area (Å²) >= 11 is 0. The first-order valence-corrected chi connectivity index (χ1v) is 4.44. The van der Waals surface area contributed by atoms with E-state index in [4.69, 9.17) is 10.8 Å². The zero-order valence-corrected chi connectivity index (χ0v) is 7.50. The van der Waals surface area contributed by atoms with Crippen LogP contribution in [0.3, 0.4) is 0 Å². The van der Waals surface area contributed by atoms with Gasteiger partial charge in [-0.1, -0.05) is 6.07 Å². The van der Waals surface area contributed by atoms with E-state index in [1.807, 2.05) is 0 Å². The second-order valence-electron chi connectivity index (χ2n) is 3.85. The van der Waals surface area contributed by atoms with Gasteiger partial charge in [0.05, 0.1) is 6.10 Å². The summed E-state index contributed by atoms with van der Waals surface area (Å²) in [6.07, 6.45) is 0.379. The molecule has 0 atom stereocenters. The molecule has 1 fully saturated rings. The van der Waals surface area contributed by atoms with Crippen molar-refractivity contribution in [2.24, 2.45) is 5.73 Å². The lowest BCUT2D eigenvalue weighted by Gasteiger charge is -2.42. The van der Waals surface area contributed by atoms with Crippen molar-refractivity contribution < 1.29 is 13.9 Å². The van der Waals surface area contributed by atoms with Crippen molar-refractivity contribution in [3.63, 3.8) is 0 Å². The van der Waals surface area contributed by atoms with E-state index in [9.17, 15) is 8.78 Å². The molecule has 2 nitrogen and oxygen atoms in total. The van der Waals surface area contributed by atoms with Crippen molar-refractivity contribution >= 4 is 0 Å². The van der Waals surface area contributed by atoms with Gasteiger partial charge in [-0.2, -0.15) is 0 Å². The molecular formula is C10H11F2NO. The second-order valence-corrected chi connectivity index (χ2v) is 3.85. The molecule has 1 aromatic rings. The van der Waals surface area contributed by atoms with Crippen molar-refractivity contribution in [3.8, 4) is 0 Å². The Morgan fingerprint density at radius 3 is 2.43 bits per heavy atom. The van der Waals surface area contributed by atoms with Crippen LogP contribution in [-0.2, 0) is 5.54 Å². The van der Waals surface area contributed by atoms with E-state index >= 15 is 0 Å². The lowest BCUT2D eigenvalue weighted by Crippen LogP contribution is -2.51. The lowest BCUT2D eigenvalue weighted by molar-refractivity contribution is 0.0207. The Morgan fingerprint density at radius 1 is 1.29 bits per heavy atom. The minimum absolute atomic E-state index is 0.401. The van der Waals surface area contributed by atoms with Crippen LogP contribution in [0.2, 0.25) is 0 Å². The molecule has 0 spiro atoms. The first-order chi connectivity index (χ1) is 6.51. The zero-order chi connectivity index (χ0) is 10.3. The van der Waals surface area contributed by atoms with Crippen LogP contribution in [0.5, 0.6) is 0 Å². The number of hydrogen-bond acceptors (Lipinski definition) is 2. The Kier molecular flexibility index (Phi) is 2.05. The van der Waals surface area contributed by atoms with Gasteiger partial charge in [-0.05, 0) is 30.5 Å². The number of hydrogen-bond donors (Lipinski definition) is 2. The third-order valence-electron chi connectivity index (χ3n) is 2.69. The topological polar surface area (TPSA) is 46.2 Å². The van der Waals surface area contributed by atoms with Gasteiger partial charge in [-0.15, -0.1) is 0 Å². The van der Waals surface area contributed by atoms with Crippen LogP contribution in [0.15, 0.2) is 18.2 Å². The summed E-state index contributed by atoms with van der Waals surface area (Å²) in [5.74, 6) is -1.77. The number of benzene rings is 1. The minimum atomic E-state index is -0.895. The van der Waals surface area contributed by atoms with Crippen molar-refractivity contribution in [2.75, 3.05) is 0 Å². The fourth-order valence-electron chi connectivity index (χ4n) is 1.82. The smallest absolute Gasteiger partial charge is 0.159 e. The van der Waals surface area contributed by atoms with Crippen LogP contribution < -0.4 is 5.73 Å². The Balaban J connectivity index is 2.29. The number of nitrogens with two attached hydrogens (primary N) is 1. The SMILES string of the molecule is NC1(c2ccc(F)c(F)c2)CC(O)C1. The van der Waals surface area contributed by atoms with E-state index in [1.54, 1.807) is 0 Å². The van der Waals surface area contributed by atoms with Crippen molar-refractivity contribution in [2.45, 2.75) is 24.5 Å². The molecule has 14 heavy (non-hydrogen) atoms. The fourth-order valence-corrected chi connectivity index (χ4v) is 1.82. The standard InChI is InChI=1S/C10H11F2NO/c11-8-2-1-6(3-9(8)12)10(13)4-7(14)5-10/h1-3,7,14H,4-5,13H2. The van der Waals surface area contributed by atoms with Gasteiger partial charge in [0.25, 0.3) is 0 Å². The lowest BCUT2D eigenvalue weighted by atomic mass is 9.70. The first-order valence-electron chi connectivity index (χ1n) is 4.44. The zero-order valence-electron chi connectivity index (χ0n) is 7.50. The molecule has 0 aliphatic heterocycles. The van der Waals surface area contributed by atoms with E-state index in [2.05, 4.69) is 0 Å². The Morgan fingerprint density at radius 2 is 1.93 bits per heavy atom. The van der Waals surface area contributed by atoms with Gasteiger partial charge >= 0.3 is 0 Å². The third kappa shape index (κ3) is 1.40. The summed E-state index contributed by atoms with van der Waals surface area (Å²) in [6.45, 7) is 0. The van der Waals surface area contributed by atoms with Crippen LogP contribution in [-0.4, -0.2) is 11.2 Å². The summed E-state index contributed by atoms with van der Waals surface area (Å²) < 4.78 is 25.5. The monoisotopic (exact) mass is 199 g/mol. The molecule has 4 heteroatoms. The van der Waals surface area contributed by atoms with Gasteiger partial charge in [0.15, 0.2) is 11.6 Å². The molecule has 0 amide bonds. The van der Waals surface area contributed by atoms with Crippen LogP contribution in [0.4, 0.5) is 8.78 Å². The normalized spacial score (nSPS) is 31.3. The maximum atomic E-state index is 12.9. The van der Waals surface area contributed by atoms with Crippen molar-refractivity contribution in [1.82, 2.24) is 0 Å². The van der Waals surface area contributed by atoms with Crippen molar-refractivity contribution in [1.29, 1.82) is 0 Å². The number of aliphatic hydroxyl groups is 1. The predicted octanol–water partition coefficient (Wildman–Crippen LogP) is 1.27. The van der Waals surface area contributed by atoms with Gasteiger partial charge in [0.1, 0.15) is 0 Å². The van der Waals surface area contributed by atoms with E-state index in [-0.39, 0.29) is 0 Å². The molecule has 3 N–H and O–H groups in total. The Labute approximate surface area is 80.4 Å². The van der Waals surface area contributed by atoms with Crippen LogP contribution in [0.1, 0.15) is 18.4 Å². The van der Waals surface area contributed by atoms with Crippen molar-refractivity contribution in [3.05, 3.63) is 35.4 Å². The van der Waals surface area contributed by atoms with E-state index in [0.717, 1.165) is 12.1 Å². The number of halogens is 2. The molecule has 1 saturated carbocycles. The molecule has 0 bridgehead atoms. The largest absolute Gasteiger partial charge is 0.393 e. The van der Waals surface area contributed by atoms with Crippen LogP contribution in [0, 0.1) is 11.6 Å². The molecule has 1 aliphatic rings. The average molecular weight is 199 g/mol. The molecule has 0 radical (unpaired) electrons. The van der Waals surface area contributed by atoms with E-state index < -0.39 is 23.3 Å². The highest BCUT2D eigenvalue weighted by Gasteiger charge is 2.41. The first kappa shape index (κ1) is 9.55. The minimum Gasteiger partial charge on any atom is -0.393 e. The second kappa shape index (κ2) is 3.00. The van der Waals surface area contributed by atoms with Crippen LogP contribution in [0.25, 0.3) is 0 Å². The van der Waals surface area contributed by atoms with Gasteiger partial charge < -0.3 is 10.8 Å². The molecule has 0 unspecified atom stereocenters. The maximum Gasteiger partial charge on any atom is 0.159 e. The van der Waals surface area contributed by atoms with Crippen LogP contribution >= 0.6 is 0 Å². The summed E-state index contributed by atoms with van der Waals surface area (Å²) in [6, 6.07) is 3.62. The molecule has 0 aromatic heterocycles. The third-order valence-corrected chi connectivity index (χ3v) is 2.69. The average Bonchev–Trinajstić information content (AvgIpc) is 2.07. The highest BCUT2D eigenvalue weighted by atomic mass is 19.2. The van der Waals surface area contributed by atoms with E-state index in [1.165, 1.54) is 6.07 Å². The highest BCUT2D eigenvalue weighted by Crippen LogP contribution is 2.39. The Hall–Kier alpha value is -1.00. The summed E-state index contributed by atoms with van der Waals surface area (Å²) in [5, 5.41) is 9.12. The molecule has 1 aromatic carbocycles. The van der Waals surface area contributed by atoms with Gasteiger partial charge in [0, 0.05) is 5.54 Å². The number of aliphatic hydroxyl groups excluding tert-OH is 1. The molecule has 0 heterocycles. The molecule has 1 aliphatic carbocycles. The Bertz CT molecular complexity index is 361. The molecule has 76 valence electrons.